The van der Waals surface area contributed by atoms with Gasteiger partial charge < -0.3 is 15.2 Å². The molecule has 0 fully saturated rings. The monoisotopic (exact) mass is 300 g/mol. The topological polar surface area (TPSA) is 57.4 Å². The third-order valence-electron chi connectivity index (χ3n) is 3.51. The molecule has 118 valence electrons. The summed E-state index contributed by atoms with van der Waals surface area (Å²) in [6, 6.07) is 11.9. The van der Waals surface area contributed by atoms with Crippen LogP contribution in [0.15, 0.2) is 42.6 Å². The van der Waals surface area contributed by atoms with Gasteiger partial charge in [-0.3, -0.25) is 4.98 Å². The Balaban J connectivity index is 2.29. The van der Waals surface area contributed by atoms with E-state index in [0.29, 0.717) is 19.8 Å². The Morgan fingerprint density at radius 3 is 2.50 bits per heavy atom. The summed E-state index contributed by atoms with van der Waals surface area (Å²) < 4.78 is 11.5. The minimum atomic E-state index is 0.164. The van der Waals surface area contributed by atoms with Gasteiger partial charge in [0.2, 0.25) is 0 Å². The Morgan fingerprint density at radius 1 is 1.05 bits per heavy atom. The third-order valence-corrected chi connectivity index (χ3v) is 3.51. The van der Waals surface area contributed by atoms with Gasteiger partial charge in [0, 0.05) is 24.4 Å². The highest BCUT2D eigenvalue weighted by Gasteiger charge is 2.17. The van der Waals surface area contributed by atoms with Gasteiger partial charge in [0.05, 0.1) is 13.2 Å². The first kappa shape index (κ1) is 16.3. The molecule has 2 N–H and O–H groups in total. The molecule has 1 aromatic heterocycles. The van der Waals surface area contributed by atoms with Crippen molar-refractivity contribution in [3.8, 4) is 11.5 Å². The highest BCUT2D eigenvalue weighted by molar-refractivity contribution is 5.47. The summed E-state index contributed by atoms with van der Waals surface area (Å²) in [5.41, 5.74) is 8.08. The average molecular weight is 300 g/mol. The molecular weight excluding hydrogens is 276 g/mol. The van der Waals surface area contributed by atoms with Gasteiger partial charge in [0.25, 0.3) is 0 Å². The van der Waals surface area contributed by atoms with E-state index in [2.05, 4.69) is 11.1 Å². The van der Waals surface area contributed by atoms with Crippen molar-refractivity contribution in [3.05, 3.63) is 53.9 Å². The number of pyridine rings is 1. The van der Waals surface area contributed by atoms with Crippen LogP contribution in [0.2, 0.25) is 0 Å². The number of benzene rings is 1. The predicted octanol–water partition coefficient (Wildman–Crippen LogP) is 3.16. The Kier molecular flexibility index (Phi) is 6.22. The van der Waals surface area contributed by atoms with E-state index in [1.807, 2.05) is 44.2 Å². The number of aromatic nitrogens is 1. The molecule has 0 saturated carbocycles. The molecule has 0 spiro atoms. The van der Waals surface area contributed by atoms with E-state index in [1.54, 1.807) is 6.20 Å². The maximum Gasteiger partial charge on any atom is 0.164 e. The Labute approximate surface area is 132 Å². The molecule has 1 aromatic carbocycles. The van der Waals surface area contributed by atoms with Gasteiger partial charge in [-0.2, -0.15) is 0 Å². The summed E-state index contributed by atoms with van der Waals surface area (Å²) in [6.45, 7) is 5.71. The Hall–Kier alpha value is -2.07. The molecule has 1 heterocycles. The highest BCUT2D eigenvalue weighted by atomic mass is 16.5. The second-order valence-electron chi connectivity index (χ2n) is 5.00. The average Bonchev–Trinajstić information content (AvgIpc) is 2.56. The fourth-order valence-corrected chi connectivity index (χ4v) is 2.49. The molecule has 4 heteroatoms. The quantitative estimate of drug-likeness (QED) is 0.813. The molecule has 0 aliphatic heterocycles. The molecule has 0 aliphatic carbocycles. The molecule has 0 bridgehead atoms. The Morgan fingerprint density at radius 2 is 1.86 bits per heavy atom. The lowest BCUT2D eigenvalue weighted by Crippen LogP contribution is -2.17. The maximum absolute atomic E-state index is 5.96. The van der Waals surface area contributed by atoms with Crippen LogP contribution < -0.4 is 15.2 Å². The fraction of sp³-hybridized carbons (Fsp3) is 0.389. The lowest BCUT2D eigenvalue weighted by atomic mass is 9.95. The van der Waals surface area contributed by atoms with Crippen LogP contribution in [-0.2, 0) is 6.42 Å². The van der Waals surface area contributed by atoms with Crippen molar-refractivity contribution in [1.29, 1.82) is 0 Å². The molecule has 2 aromatic rings. The second-order valence-corrected chi connectivity index (χ2v) is 5.00. The van der Waals surface area contributed by atoms with Gasteiger partial charge in [-0.1, -0.05) is 18.2 Å². The normalized spacial score (nSPS) is 12.0. The maximum atomic E-state index is 5.96. The first-order valence-corrected chi connectivity index (χ1v) is 7.78. The largest absolute Gasteiger partial charge is 0.490 e. The minimum absolute atomic E-state index is 0.164. The van der Waals surface area contributed by atoms with Crippen LogP contribution >= 0.6 is 0 Å². The van der Waals surface area contributed by atoms with Gasteiger partial charge in [-0.25, -0.2) is 0 Å². The van der Waals surface area contributed by atoms with E-state index >= 15 is 0 Å². The minimum Gasteiger partial charge on any atom is -0.490 e. The molecule has 0 saturated heterocycles. The molecule has 1 atom stereocenters. The van der Waals surface area contributed by atoms with Gasteiger partial charge >= 0.3 is 0 Å². The van der Waals surface area contributed by atoms with Crippen molar-refractivity contribution in [2.45, 2.75) is 26.2 Å². The number of nitrogens with two attached hydrogens (primary N) is 1. The molecule has 0 radical (unpaired) electrons. The molecule has 1 unspecified atom stereocenters. The van der Waals surface area contributed by atoms with Crippen LogP contribution in [0.1, 0.15) is 31.0 Å². The van der Waals surface area contributed by atoms with Crippen molar-refractivity contribution in [3.63, 3.8) is 0 Å². The summed E-state index contributed by atoms with van der Waals surface area (Å²) >= 11 is 0. The number of rotatable bonds is 8. The van der Waals surface area contributed by atoms with Crippen LogP contribution in [-0.4, -0.2) is 24.7 Å². The van der Waals surface area contributed by atoms with Gasteiger partial charge in [0.1, 0.15) is 0 Å². The summed E-state index contributed by atoms with van der Waals surface area (Å²) in [6.07, 6.45) is 2.59. The number of hydrogen-bond donors (Lipinski definition) is 1. The zero-order valence-corrected chi connectivity index (χ0v) is 13.3. The van der Waals surface area contributed by atoms with E-state index < -0.39 is 0 Å². The van der Waals surface area contributed by atoms with Crippen LogP contribution in [0.3, 0.4) is 0 Å². The highest BCUT2D eigenvalue weighted by Crippen LogP contribution is 2.34. The second kappa shape index (κ2) is 8.39. The first-order chi connectivity index (χ1) is 10.8. The van der Waals surface area contributed by atoms with Crippen LogP contribution in [0.5, 0.6) is 11.5 Å². The molecular formula is C18H24N2O2. The van der Waals surface area contributed by atoms with Crippen molar-refractivity contribution < 1.29 is 9.47 Å². The third kappa shape index (κ3) is 3.98. The van der Waals surface area contributed by atoms with E-state index in [4.69, 9.17) is 15.2 Å². The van der Waals surface area contributed by atoms with Crippen LogP contribution in [0, 0.1) is 0 Å². The van der Waals surface area contributed by atoms with Gasteiger partial charge in [-0.05, 0) is 44.0 Å². The van der Waals surface area contributed by atoms with E-state index in [1.165, 1.54) is 0 Å². The standard InChI is InChI=1S/C18H24N2O2/c1-3-21-17-10-7-8-14(18(17)22-4-2)12-15(13-19)16-9-5-6-11-20-16/h5-11,15H,3-4,12-13,19H2,1-2H3. The van der Waals surface area contributed by atoms with Gasteiger partial charge in [0.15, 0.2) is 11.5 Å². The molecule has 2 rings (SSSR count). The van der Waals surface area contributed by atoms with E-state index in [0.717, 1.165) is 29.2 Å². The zero-order valence-electron chi connectivity index (χ0n) is 13.3. The number of nitrogens with zero attached hydrogens (tertiary/aromatic N) is 1. The fourth-order valence-electron chi connectivity index (χ4n) is 2.49. The smallest absolute Gasteiger partial charge is 0.164 e. The number of para-hydroxylation sites is 1. The number of ether oxygens (including phenoxy) is 2. The van der Waals surface area contributed by atoms with Crippen LogP contribution in [0.25, 0.3) is 0 Å². The van der Waals surface area contributed by atoms with Crippen LogP contribution in [0.4, 0.5) is 0 Å². The number of hydrogen-bond acceptors (Lipinski definition) is 4. The SMILES string of the molecule is CCOc1cccc(CC(CN)c2ccccn2)c1OCC. The van der Waals surface area contributed by atoms with Crippen molar-refractivity contribution in [2.75, 3.05) is 19.8 Å². The predicted molar refractivity (Wildman–Crippen MR) is 88.5 cm³/mol. The lowest BCUT2D eigenvalue weighted by molar-refractivity contribution is 0.285. The Bertz CT molecular complexity index is 573. The van der Waals surface area contributed by atoms with Gasteiger partial charge in [-0.15, -0.1) is 0 Å². The molecule has 0 amide bonds. The molecule has 22 heavy (non-hydrogen) atoms. The van der Waals surface area contributed by atoms with E-state index in [9.17, 15) is 0 Å². The molecule has 0 aliphatic rings. The zero-order chi connectivity index (χ0) is 15.8. The summed E-state index contributed by atoms with van der Waals surface area (Å²) in [7, 11) is 0. The van der Waals surface area contributed by atoms with Crippen molar-refractivity contribution in [1.82, 2.24) is 4.98 Å². The summed E-state index contributed by atoms with van der Waals surface area (Å²) in [5, 5.41) is 0. The molecule has 4 nitrogen and oxygen atoms in total. The van der Waals surface area contributed by atoms with Crippen molar-refractivity contribution >= 4 is 0 Å². The van der Waals surface area contributed by atoms with E-state index in [-0.39, 0.29) is 5.92 Å². The first-order valence-electron chi connectivity index (χ1n) is 7.78. The summed E-state index contributed by atoms with van der Waals surface area (Å²) in [4.78, 5) is 4.43. The summed E-state index contributed by atoms with van der Waals surface area (Å²) in [5.74, 6) is 1.78. The van der Waals surface area contributed by atoms with Crippen molar-refractivity contribution in [2.24, 2.45) is 5.73 Å². The lowest BCUT2D eigenvalue weighted by Gasteiger charge is -2.19.